The monoisotopic (exact) mass is 307 g/mol. The van der Waals surface area contributed by atoms with Gasteiger partial charge in [-0.25, -0.2) is 0 Å². The summed E-state index contributed by atoms with van der Waals surface area (Å²) in [6.45, 7) is 0.333. The Balaban J connectivity index is 1.47. The zero-order valence-electron chi connectivity index (χ0n) is 12.5. The number of thiophene rings is 1. The van der Waals surface area contributed by atoms with E-state index >= 15 is 0 Å². The van der Waals surface area contributed by atoms with Gasteiger partial charge in [0.15, 0.2) is 0 Å². The van der Waals surface area contributed by atoms with E-state index in [1.165, 1.54) is 32.1 Å². The minimum Gasteiger partial charge on any atom is -0.387 e. The number of aliphatic hydroxyl groups excluding tert-OH is 1. The van der Waals surface area contributed by atoms with Gasteiger partial charge in [0, 0.05) is 12.5 Å². The molecule has 21 heavy (non-hydrogen) atoms. The molecule has 2 aliphatic rings. The Kier molecular flexibility index (Phi) is 4.96. The van der Waals surface area contributed by atoms with Gasteiger partial charge in [0.1, 0.15) is 0 Å². The van der Waals surface area contributed by atoms with Crippen LogP contribution in [0.25, 0.3) is 0 Å². The van der Waals surface area contributed by atoms with E-state index in [0.717, 1.165) is 30.2 Å². The maximum atomic E-state index is 12.3. The van der Waals surface area contributed by atoms with Crippen molar-refractivity contribution in [3.8, 4) is 0 Å². The lowest BCUT2D eigenvalue weighted by Gasteiger charge is -2.38. The first-order chi connectivity index (χ1) is 10.2. The van der Waals surface area contributed by atoms with Gasteiger partial charge >= 0.3 is 0 Å². The molecule has 116 valence electrons. The predicted octanol–water partition coefficient (Wildman–Crippen LogP) is 3.50. The van der Waals surface area contributed by atoms with Gasteiger partial charge in [0.2, 0.25) is 5.91 Å². The minimum absolute atomic E-state index is 0.147. The fourth-order valence-electron chi connectivity index (χ4n) is 4.04. The van der Waals surface area contributed by atoms with E-state index in [9.17, 15) is 9.90 Å². The van der Waals surface area contributed by atoms with Crippen molar-refractivity contribution in [2.45, 2.75) is 51.0 Å². The number of amides is 1. The van der Waals surface area contributed by atoms with Crippen LogP contribution in [0.2, 0.25) is 0 Å². The smallest absolute Gasteiger partial charge is 0.223 e. The molecule has 4 heteroatoms. The van der Waals surface area contributed by atoms with Crippen LogP contribution in [0.4, 0.5) is 0 Å². The molecule has 0 bridgehead atoms. The van der Waals surface area contributed by atoms with Gasteiger partial charge in [0.25, 0.3) is 0 Å². The molecule has 4 atom stereocenters. The normalized spacial score (nSPS) is 30.4. The summed E-state index contributed by atoms with van der Waals surface area (Å²) in [4.78, 5) is 12.3. The first-order valence-corrected chi connectivity index (χ1v) is 9.16. The van der Waals surface area contributed by atoms with E-state index < -0.39 is 6.10 Å². The third-order valence-electron chi connectivity index (χ3n) is 5.31. The quantitative estimate of drug-likeness (QED) is 0.894. The number of aliphatic hydroxyl groups is 1. The van der Waals surface area contributed by atoms with Gasteiger partial charge in [0.05, 0.1) is 6.10 Å². The van der Waals surface area contributed by atoms with E-state index in [4.69, 9.17) is 0 Å². The molecule has 1 amide bonds. The predicted molar refractivity (Wildman–Crippen MR) is 85.1 cm³/mol. The summed E-state index contributed by atoms with van der Waals surface area (Å²) in [5, 5.41) is 16.9. The summed E-state index contributed by atoms with van der Waals surface area (Å²) in [5.41, 5.74) is 0.899. The molecule has 0 aliphatic heterocycles. The van der Waals surface area contributed by atoms with Crippen LogP contribution in [0.1, 0.15) is 56.6 Å². The van der Waals surface area contributed by atoms with E-state index in [1.807, 2.05) is 16.8 Å². The average Bonchev–Trinajstić information content (AvgIpc) is 3.06. The van der Waals surface area contributed by atoms with Crippen LogP contribution >= 0.6 is 11.3 Å². The molecule has 3 nitrogen and oxygen atoms in total. The van der Waals surface area contributed by atoms with Crippen molar-refractivity contribution < 1.29 is 9.90 Å². The Labute approximate surface area is 130 Å². The zero-order valence-corrected chi connectivity index (χ0v) is 13.3. The molecule has 2 aliphatic carbocycles. The molecule has 0 spiro atoms. The highest BCUT2D eigenvalue weighted by atomic mass is 32.1. The first kappa shape index (κ1) is 15.0. The topological polar surface area (TPSA) is 49.3 Å². The average molecular weight is 307 g/mol. The van der Waals surface area contributed by atoms with Gasteiger partial charge in [-0.1, -0.05) is 25.7 Å². The highest BCUT2D eigenvalue weighted by Gasteiger charge is 2.34. The third-order valence-corrected chi connectivity index (χ3v) is 6.01. The number of carbonyl (C=O) groups excluding carboxylic acids is 1. The Morgan fingerprint density at radius 2 is 2.10 bits per heavy atom. The van der Waals surface area contributed by atoms with E-state index in [2.05, 4.69) is 5.32 Å². The fourth-order valence-corrected chi connectivity index (χ4v) is 4.74. The number of hydrogen-bond donors (Lipinski definition) is 2. The van der Waals surface area contributed by atoms with Crippen LogP contribution in [0.5, 0.6) is 0 Å². The maximum Gasteiger partial charge on any atom is 0.223 e. The molecule has 4 unspecified atom stereocenters. The molecular weight excluding hydrogens is 282 g/mol. The van der Waals surface area contributed by atoms with Gasteiger partial charge in [-0.3, -0.25) is 4.79 Å². The van der Waals surface area contributed by atoms with Crippen LogP contribution < -0.4 is 5.32 Å². The minimum atomic E-state index is -0.578. The molecule has 0 saturated heterocycles. The first-order valence-electron chi connectivity index (χ1n) is 8.22. The molecule has 2 fully saturated rings. The summed E-state index contributed by atoms with van der Waals surface area (Å²) < 4.78 is 0. The van der Waals surface area contributed by atoms with Crippen molar-refractivity contribution >= 4 is 17.2 Å². The summed E-state index contributed by atoms with van der Waals surface area (Å²) in [6, 6.07) is 1.91. The zero-order chi connectivity index (χ0) is 14.7. The van der Waals surface area contributed by atoms with Gasteiger partial charge in [-0.2, -0.15) is 11.3 Å². The van der Waals surface area contributed by atoms with Crippen LogP contribution in [0.3, 0.4) is 0 Å². The Morgan fingerprint density at radius 3 is 2.86 bits per heavy atom. The lowest BCUT2D eigenvalue weighted by atomic mass is 9.67. The summed E-state index contributed by atoms with van der Waals surface area (Å²) in [5.74, 6) is 1.96. The fraction of sp³-hybridized carbons (Fsp3) is 0.706. The molecule has 1 aromatic rings. The highest BCUT2D eigenvalue weighted by molar-refractivity contribution is 7.07. The van der Waals surface area contributed by atoms with Crippen LogP contribution in [-0.4, -0.2) is 17.6 Å². The number of rotatable bonds is 4. The van der Waals surface area contributed by atoms with Crippen molar-refractivity contribution in [3.63, 3.8) is 0 Å². The van der Waals surface area contributed by atoms with Crippen LogP contribution in [0.15, 0.2) is 16.8 Å². The Hall–Kier alpha value is -0.870. The lowest BCUT2D eigenvalue weighted by molar-refractivity contribution is -0.127. The van der Waals surface area contributed by atoms with Gasteiger partial charge in [-0.05, 0) is 53.5 Å². The second kappa shape index (κ2) is 6.93. The van der Waals surface area contributed by atoms with Crippen molar-refractivity contribution in [1.82, 2.24) is 5.32 Å². The summed E-state index contributed by atoms with van der Waals surface area (Å²) >= 11 is 1.57. The largest absolute Gasteiger partial charge is 0.387 e. The van der Waals surface area contributed by atoms with Crippen molar-refractivity contribution in [2.24, 2.45) is 17.8 Å². The molecule has 1 aromatic heterocycles. The van der Waals surface area contributed by atoms with Gasteiger partial charge < -0.3 is 10.4 Å². The number of fused-ring (bicyclic) bond motifs is 1. The Morgan fingerprint density at radius 1 is 1.29 bits per heavy atom. The maximum absolute atomic E-state index is 12.3. The molecule has 0 aromatic carbocycles. The van der Waals surface area contributed by atoms with Crippen molar-refractivity contribution in [1.29, 1.82) is 0 Å². The molecule has 3 rings (SSSR count). The van der Waals surface area contributed by atoms with E-state index in [1.54, 1.807) is 11.3 Å². The molecular formula is C17H25NO2S. The van der Waals surface area contributed by atoms with Crippen molar-refractivity contribution in [2.75, 3.05) is 6.54 Å². The molecule has 2 N–H and O–H groups in total. The van der Waals surface area contributed by atoms with E-state index in [0.29, 0.717) is 6.54 Å². The Bertz CT molecular complexity index is 459. The summed E-state index contributed by atoms with van der Waals surface area (Å²) in [7, 11) is 0. The van der Waals surface area contributed by atoms with Gasteiger partial charge in [-0.15, -0.1) is 0 Å². The van der Waals surface area contributed by atoms with E-state index in [-0.39, 0.29) is 11.8 Å². The lowest BCUT2D eigenvalue weighted by Crippen LogP contribution is -2.38. The highest BCUT2D eigenvalue weighted by Crippen LogP contribution is 2.42. The molecule has 2 saturated carbocycles. The third kappa shape index (κ3) is 3.67. The molecule has 0 radical (unpaired) electrons. The number of hydrogen-bond acceptors (Lipinski definition) is 3. The SMILES string of the molecule is O=C(NCC(O)c1ccsc1)C1CCC2CCCCC2C1. The second-order valence-electron chi connectivity index (χ2n) is 6.63. The standard InChI is InChI=1S/C17H25NO2S/c19-16(15-7-8-21-11-15)10-18-17(20)14-6-5-12-3-1-2-4-13(12)9-14/h7-8,11-14,16,19H,1-6,9-10H2,(H,18,20). The second-order valence-corrected chi connectivity index (χ2v) is 7.41. The van der Waals surface area contributed by atoms with Crippen LogP contribution in [0, 0.1) is 17.8 Å². The van der Waals surface area contributed by atoms with Crippen molar-refractivity contribution in [3.05, 3.63) is 22.4 Å². The number of nitrogens with one attached hydrogen (secondary N) is 1. The molecule has 1 heterocycles. The summed E-state index contributed by atoms with van der Waals surface area (Å²) in [6.07, 6.45) is 8.13. The van der Waals surface area contributed by atoms with Crippen LogP contribution in [-0.2, 0) is 4.79 Å². The number of carbonyl (C=O) groups is 1.